The van der Waals surface area contributed by atoms with Gasteiger partial charge in [-0.2, -0.15) is 0 Å². The highest BCUT2D eigenvalue weighted by Crippen LogP contribution is 2.30. The Morgan fingerprint density at radius 1 is 1.00 bits per heavy atom. The van der Waals surface area contributed by atoms with E-state index in [9.17, 15) is 0 Å². The lowest BCUT2D eigenvalue weighted by Crippen LogP contribution is -2.38. The zero-order valence-corrected chi connectivity index (χ0v) is 6.21. The van der Waals surface area contributed by atoms with Crippen LogP contribution in [0, 0.1) is 5.92 Å². The third-order valence-corrected chi connectivity index (χ3v) is 2.60. The van der Waals surface area contributed by atoms with Crippen molar-refractivity contribution in [1.82, 2.24) is 0 Å². The van der Waals surface area contributed by atoms with E-state index < -0.39 is 0 Å². The third kappa shape index (κ3) is 1.18. The molecule has 2 rings (SSSR count). The van der Waals surface area contributed by atoms with E-state index in [1.54, 1.807) is 0 Å². The van der Waals surface area contributed by atoms with Gasteiger partial charge in [0, 0.05) is 0 Å². The molecular formula is C8H14O2. The van der Waals surface area contributed by atoms with Crippen LogP contribution in [0.25, 0.3) is 0 Å². The second kappa shape index (κ2) is 2.89. The summed E-state index contributed by atoms with van der Waals surface area (Å²) in [6.45, 7) is 0.838. The normalized spacial score (nSPS) is 35.4. The van der Waals surface area contributed by atoms with Gasteiger partial charge in [0.25, 0.3) is 0 Å². The van der Waals surface area contributed by atoms with Crippen LogP contribution in [0.4, 0.5) is 0 Å². The minimum atomic E-state index is 0.445. The Balaban J connectivity index is 1.78. The van der Waals surface area contributed by atoms with E-state index in [-0.39, 0.29) is 0 Å². The van der Waals surface area contributed by atoms with Crippen molar-refractivity contribution < 1.29 is 9.78 Å². The molecule has 1 saturated carbocycles. The molecule has 0 bridgehead atoms. The number of hydrogen-bond donors (Lipinski definition) is 0. The molecule has 1 heterocycles. The molecular weight excluding hydrogens is 128 g/mol. The largest absolute Gasteiger partial charge is 0.233 e. The quantitative estimate of drug-likeness (QED) is 0.520. The summed E-state index contributed by atoms with van der Waals surface area (Å²) < 4.78 is 0. The average Bonchev–Trinajstić information content (AvgIpc) is 1.86. The van der Waals surface area contributed by atoms with Crippen molar-refractivity contribution in [2.75, 3.05) is 6.61 Å². The van der Waals surface area contributed by atoms with Gasteiger partial charge in [0.05, 0.1) is 0 Å². The van der Waals surface area contributed by atoms with Gasteiger partial charge in [0.2, 0.25) is 0 Å². The first-order chi connectivity index (χ1) is 4.97. The molecule has 0 aromatic heterocycles. The van der Waals surface area contributed by atoms with Crippen LogP contribution in [-0.4, -0.2) is 12.7 Å². The van der Waals surface area contributed by atoms with Crippen molar-refractivity contribution in [2.24, 2.45) is 5.92 Å². The Hall–Kier alpha value is -0.0800. The van der Waals surface area contributed by atoms with Crippen molar-refractivity contribution in [3.63, 3.8) is 0 Å². The van der Waals surface area contributed by atoms with Gasteiger partial charge in [-0.15, -0.1) is 0 Å². The molecule has 2 heteroatoms. The molecule has 1 saturated heterocycles. The van der Waals surface area contributed by atoms with Gasteiger partial charge in [-0.25, -0.2) is 9.78 Å². The summed E-state index contributed by atoms with van der Waals surface area (Å²) in [6.07, 6.45) is 7.36. The molecule has 1 unspecified atom stereocenters. The lowest BCUT2D eigenvalue weighted by molar-refractivity contribution is -0.435. The number of rotatable bonds is 1. The molecule has 0 amide bonds. The summed E-state index contributed by atoms with van der Waals surface area (Å²) in [7, 11) is 0. The fourth-order valence-corrected chi connectivity index (χ4v) is 1.87. The Morgan fingerprint density at radius 2 is 1.70 bits per heavy atom. The predicted octanol–water partition coefficient (Wildman–Crippen LogP) is 1.90. The minimum Gasteiger partial charge on any atom is -0.233 e. The van der Waals surface area contributed by atoms with E-state index in [2.05, 4.69) is 4.89 Å². The molecule has 0 N–H and O–H groups in total. The van der Waals surface area contributed by atoms with Crippen LogP contribution in [-0.2, 0) is 9.78 Å². The Morgan fingerprint density at radius 3 is 2.20 bits per heavy atom. The Bertz CT molecular complexity index is 104. The predicted molar refractivity (Wildman–Crippen MR) is 37.4 cm³/mol. The molecule has 58 valence electrons. The van der Waals surface area contributed by atoms with Crippen LogP contribution in [0.15, 0.2) is 0 Å². The van der Waals surface area contributed by atoms with Crippen LogP contribution in [0.3, 0.4) is 0 Å². The zero-order chi connectivity index (χ0) is 6.81. The fraction of sp³-hybridized carbons (Fsp3) is 1.00. The molecule has 1 atom stereocenters. The lowest BCUT2D eigenvalue weighted by Gasteiger charge is -2.34. The van der Waals surface area contributed by atoms with E-state index >= 15 is 0 Å². The van der Waals surface area contributed by atoms with Crippen molar-refractivity contribution in [3.05, 3.63) is 0 Å². The van der Waals surface area contributed by atoms with Gasteiger partial charge in [-0.3, -0.25) is 0 Å². The first-order valence-corrected chi connectivity index (χ1v) is 4.25. The second-order valence-electron chi connectivity index (χ2n) is 3.32. The van der Waals surface area contributed by atoms with Crippen molar-refractivity contribution in [3.8, 4) is 0 Å². The Kier molecular flexibility index (Phi) is 1.91. The highest BCUT2D eigenvalue weighted by atomic mass is 17.2. The molecule has 0 radical (unpaired) electrons. The van der Waals surface area contributed by atoms with Gasteiger partial charge >= 0.3 is 0 Å². The molecule has 1 aliphatic heterocycles. The fourth-order valence-electron chi connectivity index (χ4n) is 1.87. The highest BCUT2D eigenvalue weighted by molar-refractivity contribution is 4.75. The summed E-state index contributed by atoms with van der Waals surface area (Å²) in [5.74, 6) is 0.808. The standard InChI is InChI=1S/C8H14O2/c1-2-4-7(5-3-1)8-6-9-10-8/h7-8H,1-6H2. The van der Waals surface area contributed by atoms with Gasteiger partial charge in [-0.05, 0) is 18.8 Å². The third-order valence-electron chi connectivity index (χ3n) is 2.60. The summed E-state index contributed by atoms with van der Waals surface area (Å²) in [5, 5.41) is 0. The van der Waals surface area contributed by atoms with Crippen LogP contribution < -0.4 is 0 Å². The summed E-state index contributed by atoms with van der Waals surface area (Å²) >= 11 is 0. The smallest absolute Gasteiger partial charge is 0.122 e. The van der Waals surface area contributed by atoms with Crippen molar-refractivity contribution in [1.29, 1.82) is 0 Å². The maximum Gasteiger partial charge on any atom is 0.122 e. The lowest BCUT2D eigenvalue weighted by atomic mass is 9.85. The van der Waals surface area contributed by atoms with Crippen LogP contribution >= 0.6 is 0 Å². The van der Waals surface area contributed by atoms with E-state index in [0.29, 0.717) is 6.10 Å². The summed E-state index contributed by atoms with van der Waals surface area (Å²) in [6, 6.07) is 0. The van der Waals surface area contributed by atoms with E-state index in [0.717, 1.165) is 12.5 Å². The first kappa shape index (κ1) is 6.62. The van der Waals surface area contributed by atoms with E-state index in [1.165, 1.54) is 32.1 Å². The molecule has 2 aliphatic rings. The first-order valence-electron chi connectivity index (χ1n) is 4.25. The molecule has 0 spiro atoms. The van der Waals surface area contributed by atoms with Gasteiger partial charge in [-0.1, -0.05) is 19.3 Å². The average molecular weight is 142 g/mol. The monoisotopic (exact) mass is 142 g/mol. The summed E-state index contributed by atoms with van der Waals surface area (Å²) in [4.78, 5) is 9.66. The minimum absolute atomic E-state index is 0.445. The van der Waals surface area contributed by atoms with Crippen molar-refractivity contribution in [2.45, 2.75) is 38.2 Å². The highest BCUT2D eigenvalue weighted by Gasteiger charge is 2.31. The Labute approximate surface area is 61.4 Å². The van der Waals surface area contributed by atoms with Crippen LogP contribution in [0.2, 0.25) is 0 Å². The van der Waals surface area contributed by atoms with Crippen molar-refractivity contribution >= 4 is 0 Å². The second-order valence-corrected chi connectivity index (χ2v) is 3.32. The SMILES string of the molecule is C1CCC(C2COO2)CC1. The van der Waals surface area contributed by atoms with Gasteiger partial charge < -0.3 is 0 Å². The zero-order valence-electron chi connectivity index (χ0n) is 6.21. The molecule has 10 heavy (non-hydrogen) atoms. The van der Waals surface area contributed by atoms with Crippen LogP contribution in [0.1, 0.15) is 32.1 Å². The van der Waals surface area contributed by atoms with Gasteiger partial charge in [0.1, 0.15) is 12.7 Å². The number of hydrogen-bond acceptors (Lipinski definition) is 2. The molecule has 2 nitrogen and oxygen atoms in total. The van der Waals surface area contributed by atoms with Gasteiger partial charge in [0.15, 0.2) is 0 Å². The topological polar surface area (TPSA) is 18.5 Å². The summed E-state index contributed by atoms with van der Waals surface area (Å²) in [5.41, 5.74) is 0. The maximum atomic E-state index is 4.97. The van der Waals surface area contributed by atoms with E-state index in [4.69, 9.17) is 4.89 Å². The van der Waals surface area contributed by atoms with Crippen LogP contribution in [0.5, 0.6) is 0 Å². The molecule has 2 fully saturated rings. The molecule has 0 aromatic rings. The van der Waals surface area contributed by atoms with E-state index in [1.807, 2.05) is 0 Å². The molecule has 1 aliphatic carbocycles. The maximum absolute atomic E-state index is 4.97. The molecule has 0 aromatic carbocycles.